The fourth-order valence-corrected chi connectivity index (χ4v) is 14.7. The van der Waals surface area contributed by atoms with Crippen LogP contribution in [-0.2, 0) is 22.4 Å². The van der Waals surface area contributed by atoms with E-state index in [9.17, 15) is 19.2 Å². The number of unbranched alkanes of at least 4 members (excludes halogenated alkanes) is 52. The van der Waals surface area contributed by atoms with E-state index in [-0.39, 0.29) is 23.6 Å². The van der Waals surface area contributed by atoms with Crippen molar-refractivity contribution in [3.8, 4) is 0 Å². The molecule has 2 heterocycles. The summed E-state index contributed by atoms with van der Waals surface area (Å²) in [6.45, 7) is 11.9. The lowest BCUT2D eigenvalue weighted by atomic mass is 10.0. The molecule has 0 aliphatic heterocycles. The zero-order valence-electron chi connectivity index (χ0n) is 67.2. The standard InChI is InChI=1S/C90H154N10O4/c1-5-9-13-17-21-25-29-33-37-41-45-49-53-57-69-99(70-58-54-50-46-42-38-34-30-26-22-18-14-10-6-2)89(103)85(73-83-75-91-77-93-83)95-87(101)79-61-65-81(66-62-79)97-98-82-67-63-80(64-68-82)88(102)96-86(74-84-76-92-78-94-84)90(104)100(71-59-55-51-47-43-39-35-31-27-23-19-15-11-7-3)72-60-56-52-48-44-40-36-32-28-24-20-16-12-8-4/h61-68,75-78,85-86H,5-60,69-74H2,1-4H3,(H,91,93)(H,92,94)(H,95,101)(H,96,102). The second kappa shape index (κ2) is 64.5. The number of hydrogen-bond acceptors (Lipinski definition) is 8. The van der Waals surface area contributed by atoms with Gasteiger partial charge in [0.1, 0.15) is 12.1 Å². The number of H-pyrrole nitrogens is 2. The predicted molar refractivity (Wildman–Crippen MR) is 439 cm³/mol. The number of nitrogens with one attached hydrogen (secondary N) is 4. The molecule has 4 rings (SSSR count). The predicted octanol–water partition coefficient (Wildman–Crippen LogP) is 25.8. The van der Waals surface area contributed by atoms with E-state index in [1.54, 1.807) is 73.6 Å². The second-order valence-electron chi connectivity index (χ2n) is 30.9. The Hall–Kier alpha value is -5.66. The van der Waals surface area contributed by atoms with Crippen molar-refractivity contribution in [1.82, 2.24) is 40.4 Å². The fourth-order valence-electron chi connectivity index (χ4n) is 14.7. The molecule has 2 atom stereocenters. The normalized spacial score (nSPS) is 12.2. The molecular weight excluding hydrogens is 1290 g/mol. The van der Waals surface area contributed by atoms with Crippen LogP contribution in [0.4, 0.5) is 11.4 Å². The Morgan fingerprint density at radius 1 is 0.308 bits per heavy atom. The highest BCUT2D eigenvalue weighted by atomic mass is 16.2. The van der Waals surface area contributed by atoms with Crippen molar-refractivity contribution in [3.05, 3.63) is 96.1 Å². The molecule has 588 valence electrons. The number of azo groups is 1. The van der Waals surface area contributed by atoms with Crippen LogP contribution in [0.3, 0.4) is 0 Å². The molecule has 0 spiro atoms. The average Bonchev–Trinajstić information content (AvgIpc) is 1.03. The van der Waals surface area contributed by atoms with Crippen LogP contribution in [0.25, 0.3) is 0 Å². The van der Waals surface area contributed by atoms with Gasteiger partial charge in [-0.15, -0.1) is 0 Å². The van der Waals surface area contributed by atoms with Gasteiger partial charge >= 0.3 is 0 Å². The Balaban J connectivity index is 1.34. The molecule has 0 saturated carbocycles. The van der Waals surface area contributed by atoms with Gasteiger partial charge in [-0.2, -0.15) is 10.2 Å². The maximum Gasteiger partial charge on any atom is 0.251 e. The summed E-state index contributed by atoms with van der Waals surface area (Å²) in [6.07, 6.45) is 79.3. The number of hydrogen-bond donors (Lipinski definition) is 4. The number of aromatic nitrogens is 4. The number of amides is 4. The molecular formula is C90H154N10O4. The van der Waals surface area contributed by atoms with Crippen LogP contribution in [0.15, 0.2) is 83.8 Å². The van der Waals surface area contributed by atoms with E-state index in [4.69, 9.17) is 0 Å². The molecule has 2 unspecified atom stereocenters. The van der Waals surface area contributed by atoms with Crippen molar-refractivity contribution in [2.75, 3.05) is 26.2 Å². The Bertz CT molecular complexity index is 2400. The molecule has 0 radical (unpaired) electrons. The quantitative estimate of drug-likeness (QED) is 0.0252. The van der Waals surface area contributed by atoms with Gasteiger partial charge in [-0.25, -0.2) is 9.97 Å². The van der Waals surface area contributed by atoms with Gasteiger partial charge in [0.05, 0.1) is 24.0 Å². The lowest BCUT2D eigenvalue weighted by Crippen LogP contribution is -2.50. The van der Waals surface area contributed by atoms with E-state index in [2.05, 4.69) is 68.5 Å². The summed E-state index contributed by atoms with van der Waals surface area (Å²) in [4.78, 5) is 76.8. The minimum absolute atomic E-state index is 0.0449. The third-order valence-electron chi connectivity index (χ3n) is 21.5. The van der Waals surface area contributed by atoms with Gasteiger partial charge in [0.2, 0.25) is 11.8 Å². The Morgan fingerprint density at radius 3 is 0.702 bits per heavy atom. The number of aromatic amines is 2. The summed E-state index contributed by atoms with van der Waals surface area (Å²) in [5.41, 5.74) is 3.53. The van der Waals surface area contributed by atoms with Gasteiger partial charge in [-0.05, 0) is 74.2 Å². The molecule has 14 nitrogen and oxygen atoms in total. The van der Waals surface area contributed by atoms with E-state index in [1.165, 1.54) is 308 Å². The molecule has 0 saturated heterocycles. The van der Waals surface area contributed by atoms with E-state index in [1.807, 2.05) is 9.80 Å². The van der Waals surface area contributed by atoms with E-state index >= 15 is 0 Å². The Morgan fingerprint density at radius 2 is 0.510 bits per heavy atom. The van der Waals surface area contributed by atoms with Crippen LogP contribution >= 0.6 is 0 Å². The highest BCUT2D eigenvalue weighted by Crippen LogP contribution is 2.23. The highest BCUT2D eigenvalue weighted by molar-refractivity contribution is 5.98. The molecule has 0 aliphatic carbocycles. The largest absolute Gasteiger partial charge is 0.348 e. The molecule has 104 heavy (non-hydrogen) atoms. The maximum atomic E-state index is 14.8. The first-order chi connectivity index (χ1) is 51.3. The highest BCUT2D eigenvalue weighted by Gasteiger charge is 2.29. The molecule has 4 N–H and O–H groups in total. The number of rotatable bonds is 72. The van der Waals surface area contributed by atoms with Crippen LogP contribution in [-0.4, -0.2) is 91.6 Å². The summed E-state index contributed by atoms with van der Waals surface area (Å²) >= 11 is 0. The molecule has 0 aliphatic rings. The van der Waals surface area contributed by atoms with Crippen molar-refractivity contribution < 1.29 is 19.2 Å². The number of nitrogens with zero attached hydrogens (tertiary/aromatic N) is 6. The van der Waals surface area contributed by atoms with Gasteiger partial charge in [0, 0.05) is 73.9 Å². The smallest absolute Gasteiger partial charge is 0.251 e. The topological polar surface area (TPSA) is 181 Å². The first-order valence-electron chi connectivity index (χ1n) is 44.0. The minimum Gasteiger partial charge on any atom is -0.348 e. The number of carbonyl (C=O) groups is 4. The van der Waals surface area contributed by atoms with Crippen LogP contribution in [0.2, 0.25) is 0 Å². The third kappa shape index (κ3) is 46.4. The van der Waals surface area contributed by atoms with Crippen molar-refractivity contribution in [2.24, 2.45) is 10.2 Å². The summed E-state index contributed by atoms with van der Waals surface area (Å²) in [6, 6.07) is 12.4. The molecule has 2 aromatic heterocycles. The van der Waals surface area contributed by atoms with Gasteiger partial charge < -0.3 is 30.4 Å². The van der Waals surface area contributed by atoms with Crippen LogP contribution in [0, 0.1) is 0 Å². The van der Waals surface area contributed by atoms with Crippen molar-refractivity contribution in [3.63, 3.8) is 0 Å². The Kier molecular flexibility index (Phi) is 56.3. The summed E-state index contributed by atoms with van der Waals surface area (Å²) < 4.78 is 0. The SMILES string of the molecule is CCCCCCCCCCCCCCCCN(CCCCCCCCCCCCCCCC)C(=O)C(Cc1cnc[nH]1)NC(=O)c1ccc(N=Nc2ccc(C(=O)NC(Cc3cnc[nH]3)C(=O)N(CCCCCCCCCCCCCCCC)CCCCCCCCCCCCCCCC)cc2)cc1. The lowest BCUT2D eigenvalue weighted by molar-refractivity contribution is -0.134. The van der Waals surface area contributed by atoms with E-state index in [0.717, 1.165) is 62.8 Å². The van der Waals surface area contributed by atoms with Crippen molar-refractivity contribution in [2.45, 2.75) is 412 Å². The maximum absolute atomic E-state index is 14.8. The molecule has 0 bridgehead atoms. The van der Waals surface area contributed by atoms with Crippen LogP contribution < -0.4 is 10.6 Å². The zero-order chi connectivity index (χ0) is 74.1. The summed E-state index contributed by atoms with van der Waals surface area (Å²) in [7, 11) is 0. The first-order valence-corrected chi connectivity index (χ1v) is 44.0. The van der Waals surface area contributed by atoms with Gasteiger partial charge in [0.15, 0.2) is 0 Å². The number of carbonyl (C=O) groups excluding carboxylic acids is 4. The van der Waals surface area contributed by atoms with Crippen molar-refractivity contribution >= 4 is 35.0 Å². The summed E-state index contributed by atoms with van der Waals surface area (Å²) in [5, 5.41) is 15.3. The van der Waals surface area contributed by atoms with E-state index in [0.29, 0.717) is 61.5 Å². The molecule has 14 heteroatoms. The molecule has 0 fully saturated rings. The van der Waals surface area contributed by atoms with Crippen LogP contribution in [0.1, 0.15) is 419 Å². The van der Waals surface area contributed by atoms with Gasteiger partial charge in [-0.1, -0.05) is 362 Å². The Labute approximate surface area is 635 Å². The summed E-state index contributed by atoms with van der Waals surface area (Å²) in [5.74, 6) is -0.748. The zero-order valence-corrected chi connectivity index (χ0v) is 67.2. The van der Waals surface area contributed by atoms with Crippen LogP contribution in [0.5, 0.6) is 0 Å². The third-order valence-corrected chi connectivity index (χ3v) is 21.5. The number of imidazole rings is 2. The molecule has 4 amide bonds. The van der Waals surface area contributed by atoms with Gasteiger partial charge in [-0.3, -0.25) is 19.2 Å². The average molecular weight is 1440 g/mol. The van der Waals surface area contributed by atoms with Gasteiger partial charge in [0.25, 0.3) is 11.8 Å². The molecule has 2 aromatic carbocycles. The fraction of sp³-hybridized carbons (Fsp3) is 0.756. The number of benzene rings is 2. The van der Waals surface area contributed by atoms with Crippen molar-refractivity contribution in [1.29, 1.82) is 0 Å². The second-order valence-corrected chi connectivity index (χ2v) is 30.9. The minimum atomic E-state index is -0.768. The lowest BCUT2D eigenvalue weighted by Gasteiger charge is -2.28. The first kappa shape index (κ1) is 90.7. The van der Waals surface area contributed by atoms with E-state index < -0.39 is 12.1 Å². The monoisotopic (exact) mass is 1440 g/mol. The molecule has 4 aromatic rings.